The zero-order valence-corrected chi connectivity index (χ0v) is 7.76. The molecule has 12 heavy (non-hydrogen) atoms. The molecule has 0 aromatic rings. The molecule has 1 N–H and O–H groups in total. The summed E-state index contributed by atoms with van der Waals surface area (Å²) in [5.74, 6) is 0.326. The van der Waals surface area contributed by atoms with Gasteiger partial charge >= 0.3 is 6.09 Å². The van der Waals surface area contributed by atoms with Gasteiger partial charge in [-0.3, -0.25) is 0 Å². The number of hydrogen-bond acceptors (Lipinski definition) is 2. The van der Waals surface area contributed by atoms with Crippen LogP contribution in [-0.2, 0) is 4.74 Å². The van der Waals surface area contributed by atoms with E-state index < -0.39 is 0 Å². The van der Waals surface area contributed by atoms with Crippen LogP contribution in [0.5, 0.6) is 0 Å². The first-order valence-electron chi connectivity index (χ1n) is 4.12. The molecule has 0 unspecified atom stereocenters. The van der Waals surface area contributed by atoms with E-state index in [-0.39, 0.29) is 17.7 Å². The highest BCUT2D eigenvalue weighted by molar-refractivity contribution is 5.71. The summed E-state index contributed by atoms with van der Waals surface area (Å²) in [6.07, 6.45) is 1.10. The summed E-state index contributed by atoms with van der Waals surface area (Å²) in [7, 11) is 0. The fraction of sp³-hybridized carbons (Fsp3) is 0.667. The van der Waals surface area contributed by atoms with Gasteiger partial charge < -0.3 is 10.1 Å². The number of carbonyl (C=O) groups is 1. The third-order valence-electron chi connectivity index (χ3n) is 2.61. The zero-order valence-electron chi connectivity index (χ0n) is 7.76. The molecule has 1 rings (SSSR count). The van der Waals surface area contributed by atoms with E-state index >= 15 is 0 Å². The largest absolute Gasteiger partial charge is 0.439 e. The first-order valence-corrected chi connectivity index (χ1v) is 4.12. The Kier molecular flexibility index (Phi) is 2.13. The minimum atomic E-state index is -0.351. The Hall–Kier alpha value is -0.990. The van der Waals surface area contributed by atoms with Crippen LogP contribution < -0.4 is 5.32 Å². The number of carbonyl (C=O) groups excluding carboxylic acids is 1. The maximum absolute atomic E-state index is 11.0. The number of ether oxygens (including phenoxy) is 1. The summed E-state index contributed by atoms with van der Waals surface area (Å²) in [5.41, 5.74) is -0.307. The minimum Gasteiger partial charge on any atom is -0.439 e. The van der Waals surface area contributed by atoms with Crippen LogP contribution >= 0.6 is 0 Å². The molecule has 1 aliphatic rings. The molecular formula is C9H15NO2. The Balaban J connectivity index is 2.88. The summed E-state index contributed by atoms with van der Waals surface area (Å²) < 4.78 is 5.02. The van der Waals surface area contributed by atoms with Crippen LogP contribution in [0.3, 0.4) is 0 Å². The first-order chi connectivity index (χ1) is 5.50. The Morgan fingerprint density at radius 3 is 2.67 bits per heavy atom. The molecule has 3 nitrogen and oxygen atoms in total. The van der Waals surface area contributed by atoms with Crippen molar-refractivity contribution in [3.8, 4) is 0 Å². The molecule has 0 aromatic heterocycles. The molecule has 1 saturated heterocycles. The number of hydrogen-bond donors (Lipinski definition) is 1. The lowest BCUT2D eigenvalue weighted by Gasteiger charge is -2.30. The van der Waals surface area contributed by atoms with Gasteiger partial charge in [0.25, 0.3) is 0 Å². The fourth-order valence-electron chi connectivity index (χ4n) is 1.32. The first kappa shape index (κ1) is 9.10. The molecule has 3 heteroatoms. The van der Waals surface area contributed by atoms with Crippen molar-refractivity contribution in [2.75, 3.05) is 0 Å². The SMILES string of the molecule is C=C[C@H]1OC(=O)N[C@]1(C)C(C)C. The van der Waals surface area contributed by atoms with Crippen LogP contribution in [0, 0.1) is 5.92 Å². The van der Waals surface area contributed by atoms with Gasteiger partial charge in [-0.25, -0.2) is 4.79 Å². The fourth-order valence-corrected chi connectivity index (χ4v) is 1.32. The maximum Gasteiger partial charge on any atom is 0.408 e. The molecular weight excluding hydrogens is 154 g/mol. The van der Waals surface area contributed by atoms with Crippen molar-refractivity contribution in [1.29, 1.82) is 0 Å². The second kappa shape index (κ2) is 2.81. The lowest BCUT2D eigenvalue weighted by atomic mass is 9.84. The Labute approximate surface area is 72.8 Å². The van der Waals surface area contributed by atoms with Crippen LogP contribution in [0.1, 0.15) is 20.8 Å². The summed E-state index contributed by atoms with van der Waals surface area (Å²) in [4.78, 5) is 11.0. The second-order valence-corrected chi connectivity index (χ2v) is 3.62. The number of amides is 1. The monoisotopic (exact) mass is 169 g/mol. The minimum absolute atomic E-state index is 0.218. The molecule has 0 radical (unpaired) electrons. The molecule has 68 valence electrons. The predicted octanol–water partition coefficient (Wildman–Crippen LogP) is 1.70. The molecule has 0 aliphatic carbocycles. The van der Waals surface area contributed by atoms with Gasteiger partial charge in [-0.1, -0.05) is 20.4 Å². The van der Waals surface area contributed by atoms with Crippen LogP contribution in [-0.4, -0.2) is 17.7 Å². The van der Waals surface area contributed by atoms with E-state index in [0.717, 1.165) is 0 Å². The number of cyclic esters (lactones) is 1. The maximum atomic E-state index is 11.0. The molecule has 0 saturated carbocycles. The average Bonchev–Trinajstić information content (AvgIpc) is 2.27. The summed E-state index contributed by atoms with van der Waals surface area (Å²) >= 11 is 0. The molecule has 1 aliphatic heterocycles. The number of nitrogens with one attached hydrogen (secondary N) is 1. The van der Waals surface area contributed by atoms with Gasteiger partial charge in [-0.15, -0.1) is 0 Å². The lowest BCUT2D eigenvalue weighted by molar-refractivity contribution is 0.128. The topological polar surface area (TPSA) is 38.3 Å². The van der Waals surface area contributed by atoms with Gasteiger partial charge in [-0.2, -0.15) is 0 Å². The van der Waals surface area contributed by atoms with Crippen molar-refractivity contribution in [3.63, 3.8) is 0 Å². The highest BCUT2D eigenvalue weighted by Gasteiger charge is 2.45. The molecule has 0 aromatic carbocycles. The second-order valence-electron chi connectivity index (χ2n) is 3.62. The highest BCUT2D eigenvalue weighted by Crippen LogP contribution is 2.28. The quantitative estimate of drug-likeness (QED) is 0.639. The van der Waals surface area contributed by atoms with E-state index in [4.69, 9.17) is 4.74 Å². The Bertz CT molecular complexity index is 213. The van der Waals surface area contributed by atoms with Crippen LogP contribution in [0.2, 0.25) is 0 Å². The molecule has 1 amide bonds. The standard InChI is InChI=1S/C9H15NO2/c1-5-7-9(4,6(2)3)10-8(11)12-7/h5-7H,1H2,2-4H3,(H,10,11)/t7-,9-/m1/s1. The average molecular weight is 169 g/mol. The van der Waals surface area contributed by atoms with E-state index in [9.17, 15) is 4.79 Å². The van der Waals surface area contributed by atoms with Crippen molar-refractivity contribution >= 4 is 6.09 Å². The Morgan fingerprint density at radius 1 is 1.75 bits per heavy atom. The normalized spacial score (nSPS) is 34.7. The molecule has 0 spiro atoms. The predicted molar refractivity (Wildman–Crippen MR) is 46.8 cm³/mol. The zero-order chi connectivity index (χ0) is 9.35. The van der Waals surface area contributed by atoms with Gasteiger partial charge in [0.05, 0.1) is 5.54 Å². The summed E-state index contributed by atoms with van der Waals surface area (Å²) in [6.45, 7) is 9.70. The lowest BCUT2D eigenvalue weighted by Crippen LogP contribution is -2.49. The van der Waals surface area contributed by atoms with Crippen LogP contribution in [0.15, 0.2) is 12.7 Å². The molecule has 0 bridgehead atoms. The van der Waals surface area contributed by atoms with Crippen LogP contribution in [0.25, 0.3) is 0 Å². The van der Waals surface area contributed by atoms with Gasteiger partial charge in [0.1, 0.15) is 6.10 Å². The van der Waals surface area contributed by atoms with Gasteiger partial charge in [0.2, 0.25) is 0 Å². The Morgan fingerprint density at radius 2 is 2.33 bits per heavy atom. The summed E-state index contributed by atoms with van der Waals surface area (Å²) in [5, 5.41) is 2.80. The van der Waals surface area contributed by atoms with Gasteiger partial charge in [0, 0.05) is 0 Å². The van der Waals surface area contributed by atoms with Gasteiger partial charge in [-0.05, 0) is 18.9 Å². The third kappa shape index (κ3) is 1.19. The highest BCUT2D eigenvalue weighted by atomic mass is 16.6. The van der Waals surface area contributed by atoms with E-state index in [2.05, 4.69) is 11.9 Å². The summed E-state index contributed by atoms with van der Waals surface area (Å²) in [6, 6.07) is 0. The van der Waals surface area contributed by atoms with Crippen LogP contribution in [0.4, 0.5) is 4.79 Å². The van der Waals surface area contributed by atoms with Crippen molar-refractivity contribution < 1.29 is 9.53 Å². The molecule has 1 heterocycles. The van der Waals surface area contributed by atoms with E-state index in [1.807, 2.05) is 20.8 Å². The number of rotatable bonds is 2. The number of alkyl carbamates (subject to hydrolysis) is 1. The molecule has 1 fully saturated rings. The third-order valence-corrected chi connectivity index (χ3v) is 2.61. The van der Waals surface area contributed by atoms with Crippen molar-refractivity contribution in [3.05, 3.63) is 12.7 Å². The smallest absolute Gasteiger partial charge is 0.408 e. The van der Waals surface area contributed by atoms with Crippen molar-refractivity contribution in [2.45, 2.75) is 32.4 Å². The van der Waals surface area contributed by atoms with E-state index in [1.165, 1.54) is 0 Å². The van der Waals surface area contributed by atoms with Gasteiger partial charge in [0.15, 0.2) is 0 Å². The van der Waals surface area contributed by atoms with Crippen molar-refractivity contribution in [1.82, 2.24) is 5.32 Å². The van der Waals surface area contributed by atoms with E-state index in [1.54, 1.807) is 6.08 Å². The van der Waals surface area contributed by atoms with E-state index in [0.29, 0.717) is 5.92 Å². The molecule has 2 atom stereocenters. The van der Waals surface area contributed by atoms with Crippen molar-refractivity contribution in [2.24, 2.45) is 5.92 Å².